The number of anilines is 2. The fourth-order valence-electron chi connectivity index (χ4n) is 3.84. The van der Waals surface area contributed by atoms with Gasteiger partial charge in [0.2, 0.25) is 15.9 Å². The van der Waals surface area contributed by atoms with Crippen molar-refractivity contribution in [2.75, 3.05) is 48.7 Å². The zero-order valence-electron chi connectivity index (χ0n) is 18.2. The van der Waals surface area contributed by atoms with Crippen LogP contribution in [0.3, 0.4) is 0 Å². The van der Waals surface area contributed by atoms with Crippen LogP contribution in [-0.4, -0.2) is 64.2 Å². The Morgan fingerprint density at radius 3 is 2.39 bits per heavy atom. The lowest BCUT2D eigenvalue weighted by atomic mass is 10.1. The topological polar surface area (TPSA) is 96.0 Å². The summed E-state index contributed by atoms with van der Waals surface area (Å²) in [5, 5.41) is 4.32. The maximum absolute atomic E-state index is 13.0. The molecule has 0 radical (unpaired) electrons. The highest BCUT2D eigenvalue weighted by atomic mass is 32.2. The Kier molecular flexibility index (Phi) is 6.62. The van der Waals surface area contributed by atoms with E-state index >= 15 is 0 Å². The molecule has 0 aliphatic carbocycles. The number of benzene rings is 3. The average molecular weight is 468 g/mol. The van der Waals surface area contributed by atoms with Crippen LogP contribution in [0.2, 0.25) is 0 Å². The molecule has 1 fully saturated rings. The summed E-state index contributed by atoms with van der Waals surface area (Å²) >= 11 is 0. The first kappa shape index (κ1) is 22.8. The zero-order valence-corrected chi connectivity index (χ0v) is 19.0. The maximum Gasteiger partial charge on any atom is 0.256 e. The minimum atomic E-state index is -3.76. The number of carbonyl (C=O) groups excluding carboxylic acids is 2. The number of nitrogens with zero attached hydrogens (tertiary/aromatic N) is 2. The van der Waals surface area contributed by atoms with Crippen molar-refractivity contribution in [1.29, 1.82) is 0 Å². The smallest absolute Gasteiger partial charge is 0.256 e. The number of rotatable bonds is 6. The number of sulfonamides is 1. The quantitative estimate of drug-likeness (QED) is 0.601. The average Bonchev–Trinajstić information content (AvgIpc) is 2.82. The number of morpholine rings is 1. The van der Waals surface area contributed by atoms with Gasteiger partial charge < -0.3 is 15.0 Å². The van der Waals surface area contributed by atoms with Crippen molar-refractivity contribution in [3.8, 4) is 0 Å². The van der Waals surface area contributed by atoms with Crippen molar-refractivity contribution < 1.29 is 22.7 Å². The molecule has 0 bridgehead atoms. The van der Waals surface area contributed by atoms with Gasteiger partial charge in [0.25, 0.3) is 5.91 Å². The molecule has 4 rings (SSSR count). The van der Waals surface area contributed by atoms with Gasteiger partial charge >= 0.3 is 0 Å². The van der Waals surface area contributed by atoms with E-state index < -0.39 is 22.5 Å². The predicted molar refractivity (Wildman–Crippen MR) is 128 cm³/mol. The minimum Gasteiger partial charge on any atom is -0.378 e. The molecule has 3 aromatic carbocycles. The SMILES string of the molecule is CS(=O)(=O)N(CC(=O)Nc1ccccc1C(=O)N1CCOCC1)c1cccc2ccccc12. The first-order valence-electron chi connectivity index (χ1n) is 10.6. The first-order valence-corrected chi connectivity index (χ1v) is 12.4. The van der Waals surface area contributed by atoms with Crippen molar-refractivity contribution in [2.24, 2.45) is 0 Å². The molecule has 1 heterocycles. The first-order chi connectivity index (χ1) is 15.8. The second kappa shape index (κ2) is 9.60. The Morgan fingerprint density at radius 1 is 0.970 bits per heavy atom. The Bertz CT molecular complexity index is 1280. The lowest BCUT2D eigenvalue weighted by Crippen LogP contribution is -2.41. The normalized spacial score (nSPS) is 14.2. The number of hydrogen-bond acceptors (Lipinski definition) is 5. The van der Waals surface area contributed by atoms with Crippen LogP contribution in [-0.2, 0) is 19.6 Å². The summed E-state index contributed by atoms with van der Waals surface area (Å²) in [7, 11) is -3.76. The zero-order chi connectivity index (χ0) is 23.4. The van der Waals surface area contributed by atoms with E-state index in [0.29, 0.717) is 43.2 Å². The summed E-state index contributed by atoms with van der Waals surface area (Å²) in [6.45, 7) is 1.46. The fourth-order valence-corrected chi connectivity index (χ4v) is 4.71. The molecule has 0 spiro atoms. The van der Waals surface area contributed by atoms with Gasteiger partial charge in [0, 0.05) is 18.5 Å². The van der Waals surface area contributed by atoms with Crippen LogP contribution in [0.5, 0.6) is 0 Å². The van der Waals surface area contributed by atoms with E-state index in [9.17, 15) is 18.0 Å². The molecule has 9 heteroatoms. The summed E-state index contributed by atoms with van der Waals surface area (Å²) in [4.78, 5) is 27.6. The van der Waals surface area contributed by atoms with Gasteiger partial charge in [0.1, 0.15) is 6.54 Å². The number of amides is 2. The molecule has 0 unspecified atom stereocenters. The monoisotopic (exact) mass is 467 g/mol. The predicted octanol–water partition coefficient (Wildman–Crippen LogP) is 2.72. The number of ether oxygens (including phenoxy) is 1. The Morgan fingerprint density at radius 2 is 1.64 bits per heavy atom. The Hall–Kier alpha value is -3.43. The lowest BCUT2D eigenvalue weighted by molar-refractivity contribution is -0.114. The second-order valence-corrected chi connectivity index (χ2v) is 9.67. The van der Waals surface area contributed by atoms with E-state index in [-0.39, 0.29) is 5.91 Å². The third-order valence-corrected chi connectivity index (χ3v) is 6.58. The van der Waals surface area contributed by atoms with Gasteiger partial charge in [-0.25, -0.2) is 8.42 Å². The molecule has 0 aromatic heterocycles. The van der Waals surface area contributed by atoms with Crippen LogP contribution < -0.4 is 9.62 Å². The van der Waals surface area contributed by atoms with E-state index in [4.69, 9.17) is 4.74 Å². The van der Waals surface area contributed by atoms with E-state index in [1.165, 1.54) is 0 Å². The summed E-state index contributed by atoms with van der Waals surface area (Å²) < 4.78 is 31.6. The van der Waals surface area contributed by atoms with E-state index in [2.05, 4.69) is 5.32 Å². The minimum absolute atomic E-state index is 0.205. The standard InChI is InChI=1S/C24H25N3O5S/c1-33(30,31)27(22-12-6-8-18-7-2-3-9-19(18)22)17-23(28)25-21-11-5-4-10-20(21)24(29)26-13-15-32-16-14-26/h2-12H,13-17H2,1H3,(H,25,28). The van der Waals surface area contributed by atoms with Crippen LogP contribution >= 0.6 is 0 Å². The summed E-state index contributed by atoms with van der Waals surface area (Å²) in [6, 6.07) is 19.4. The van der Waals surface area contributed by atoms with E-state index in [0.717, 1.165) is 21.3 Å². The number of hydrogen-bond donors (Lipinski definition) is 1. The molecule has 2 amide bonds. The molecule has 0 saturated carbocycles. The van der Waals surface area contributed by atoms with Crippen molar-refractivity contribution >= 4 is 44.0 Å². The fraction of sp³-hybridized carbons (Fsp3) is 0.250. The molecule has 1 saturated heterocycles. The van der Waals surface area contributed by atoms with E-state index in [1.807, 2.05) is 30.3 Å². The molecular formula is C24H25N3O5S. The third-order valence-electron chi connectivity index (χ3n) is 5.45. The van der Waals surface area contributed by atoms with Gasteiger partial charge in [-0.2, -0.15) is 0 Å². The molecule has 1 aliphatic heterocycles. The van der Waals surface area contributed by atoms with Gasteiger partial charge in [-0.1, -0.05) is 48.5 Å². The largest absolute Gasteiger partial charge is 0.378 e. The third kappa shape index (κ3) is 5.15. The molecule has 1 N–H and O–H groups in total. The van der Waals surface area contributed by atoms with Crippen molar-refractivity contribution in [2.45, 2.75) is 0 Å². The molecular weight excluding hydrogens is 442 g/mol. The summed E-state index contributed by atoms with van der Waals surface area (Å²) in [6.07, 6.45) is 1.07. The van der Waals surface area contributed by atoms with Crippen molar-refractivity contribution in [1.82, 2.24) is 4.90 Å². The van der Waals surface area contributed by atoms with Crippen LogP contribution in [0.15, 0.2) is 66.7 Å². The molecule has 0 atom stereocenters. The Balaban J connectivity index is 1.59. The van der Waals surface area contributed by atoms with Crippen molar-refractivity contribution in [3.63, 3.8) is 0 Å². The molecule has 172 valence electrons. The van der Waals surface area contributed by atoms with Gasteiger partial charge in [0.05, 0.1) is 36.4 Å². The maximum atomic E-state index is 13.0. The molecule has 33 heavy (non-hydrogen) atoms. The van der Waals surface area contributed by atoms with Gasteiger partial charge in [-0.15, -0.1) is 0 Å². The second-order valence-electron chi connectivity index (χ2n) is 7.77. The summed E-state index contributed by atoms with van der Waals surface area (Å²) in [5.41, 5.74) is 1.11. The lowest BCUT2D eigenvalue weighted by Gasteiger charge is -2.28. The van der Waals surface area contributed by atoms with Crippen LogP contribution in [0, 0.1) is 0 Å². The molecule has 3 aromatic rings. The number of carbonyl (C=O) groups is 2. The molecule has 8 nitrogen and oxygen atoms in total. The van der Waals surface area contributed by atoms with Crippen LogP contribution in [0.25, 0.3) is 10.8 Å². The number of para-hydroxylation sites is 1. The highest BCUT2D eigenvalue weighted by molar-refractivity contribution is 7.92. The van der Waals surface area contributed by atoms with E-state index in [1.54, 1.807) is 41.3 Å². The molecule has 1 aliphatic rings. The number of fused-ring (bicyclic) bond motifs is 1. The number of nitrogens with one attached hydrogen (secondary N) is 1. The van der Waals surface area contributed by atoms with Gasteiger partial charge in [-0.3, -0.25) is 13.9 Å². The summed E-state index contributed by atoms with van der Waals surface area (Å²) in [5.74, 6) is -0.751. The van der Waals surface area contributed by atoms with Crippen LogP contribution in [0.4, 0.5) is 11.4 Å². The van der Waals surface area contributed by atoms with Crippen LogP contribution in [0.1, 0.15) is 10.4 Å². The van der Waals surface area contributed by atoms with Gasteiger partial charge in [-0.05, 0) is 23.6 Å². The Labute approximate surface area is 192 Å². The van der Waals surface area contributed by atoms with Crippen molar-refractivity contribution in [3.05, 3.63) is 72.3 Å². The highest BCUT2D eigenvalue weighted by Gasteiger charge is 2.25. The van der Waals surface area contributed by atoms with Gasteiger partial charge in [0.15, 0.2) is 0 Å². The highest BCUT2D eigenvalue weighted by Crippen LogP contribution is 2.28.